The largest absolute Gasteiger partial charge is 0.0657 e. The third-order valence-corrected chi connectivity index (χ3v) is 5.70. The molecule has 0 N–H and O–H groups in total. The summed E-state index contributed by atoms with van der Waals surface area (Å²) in [5, 5.41) is 0. The van der Waals surface area contributed by atoms with Gasteiger partial charge in [0, 0.05) is 8.80 Å². The third kappa shape index (κ3) is 6.90. The summed E-state index contributed by atoms with van der Waals surface area (Å²) in [6, 6.07) is 4.72. The first-order chi connectivity index (χ1) is 5.85. The van der Waals surface area contributed by atoms with Crippen LogP contribution in [-0.2, 0) is 0 Å². The molecule has 0 unspecified atom stereocenters. The molecule has 1 radical (unpaired) electrons. The predicted molar refractivity (Wildman–Crippen MR) is 60.3 cm³/mol. The lowest BCUT2D eigenvalue weighted by Crippen LogP contribution is -2.10. The van der Waals surface area contributed by atoms with Crippen molar-refractivity contribution < 1.29 is 0 Å². The monoisotopic (exact) mass is 185 g/mol. The Morgan fingerprint density at radius 3 is 1.50 bits per heavy atom. The molecule has 12 heavy (non-hydrogen) atoms. The molecule has 73 valence electrons. The molecule has 0 rings (SSSR count). The number of hydrogen-bond donors (Lipinski definition) is 0. The topological polar surface area (TPSA) is 0 Å². The van der Waals surface area contributed by atoms with Crippen LogP contribution in [0.25, 0.3) is 0 Å². The lowest BCUT2D eigenvalue weighted by molar-refractivity contribution is 0.830. The van der Waals surface area contributed by atoms with Gasteiger partial charge in [-0.25, -0.2) is 0 Å². The zero-order valence-electron chi connectivity index (χ0n) is 9.16. The number of hydrogen-bond acceptors (Lipinski definition) is 0. The first-order valence-electron chi connectivity index (χ1n) is 5.68. The van der Waals surface area contributed by atoms with Gasteiger partial charge in [-0.05, 0) is 0 Å². The van der Waals surface area contributed by atoms with Crippen LogP contribution in [0, 0.1) is 0 Å². The zero-order valence-corrected chi connectivity index (χ0v) is 10.2. The van der Waals surface area contributed by atoms with Gasteiger partial charge in [-0.15, -0.1) is 0 Å². The zero-order chi connectivity index (χ0) is 9.23. The van der Waals surface area contributed by atoms with Crippen molar-refractivity contribution in [2.75, 3.05) is 0 Å². The molecule has 0 spiro atoms. The van der Waals surface area contributed by atoms with Gasteiger partial charge >= 0.3 is 0 Å². The highest BCUT2D eigenvalue weighted by Gasteiger charge is 2.07. The van der Waals surface area contributed by atoms with Crippen molar-refractivity contribution in [2.24, 2.45) is 0 Å². The fourth-order valence-electron chi connectivity index (χ4n) is 1.58. The Bertz CT molecular complexity index is 73.1. The predicted octanol–water partition coefficient (Wildman–Crippen LogP) is 4.49. The average molecular weight is 185 g/mol. The molecule has 0 aromatic carbocycles. The molecule has 0 saturated carbocycles. The minimum atomic E-state index is 0.0792. The van der Waals surface area contributed by atoms with E-state index in [4.69, 9.17) is 0 Å². The van der Waals surface area contributed by atoms with Gasteiger partial charge in [-0.1, -0.05) is 71.0 Å². The number of unbranched alkanes of at least 4 members (excludes halogenated alkanes) is 2. The lowest BCUT2D eigenvalue weighted by atomic mass is 10.4. The van der Waals surface area contributed by atoms with Crippen LogP contribution in [0.5, 0.6) is 0 Å². The van der Waals surface area contributed by atoms with Crippen molar-refractivity contribution in [2.45, 2.75) is 71.0 Å². The van der Waals surface area contributed by atoms with Gasteiger partial charge in [0.15, 0.2) is 0 Å². The average Bonchev–Trinajstić information content (AvgIpc) is 2.10. The van der Waals surface area contributed by atoms with Gasteiger partial charge in [0.2, 0.25) is 0 Å². The van der Waals surface area contributed by atoms with Crippen LogP contribution in [0.1, 0.15) is 52.9 Å². The molecule has 1 heteroatoms. The van der Waals surface area contributed by atoms with Crippen molar-refractivity contribution in [3.63, 3.8) is 0 Å². The van der Waals surface area contributed by atoms with Crippen molar-refractivity contribution >= 4 is 8.80 Å². The van der Waals surface area contributed by atoms with Gasteiger partial charge in [0.25, 0.3) is 0 Å². The molecule has 0 saturated heterocycles. The molecule has 0 fully saturated rings. The van der Waals surface area contributed by atoms with Crippen LogP contribution in [0.15, 0.2) is 0 Å². The maximum atomic E-state index is 2.34. The van der Waals surface area contributed by atoms with Gasteiger partial charge < -0.3 is 0 Å². The first kappa shape index (κ1) is 12.2. The van der Waals surface area contributed by atoms with Crippen LogP contribution in [0.3, 0.4) is 0 Å². The summed E-state index contributed by atoms with van der Waals surface area (Å²) in [6.07, 6.45) is 7.17. The quantitative estimate of drug-likeness (QED) is 0.489. The van der Waals surface area contributed by atoms with E-state index in [1.165, 1.54) is 32.1 Å². The molecule has 0 aromatic rings. The fourth-order valence-corrected chi connectivity index (χ4v) is 4.75. The Hall–Kier alpha value is 0.217. The van der Waals surface area contributed by atoms with Gasteiger partial charge in [-0.3, -0.25) is 0 Å². The van der Waals surface area contributed by atoms with E-state index in [0.29, 0.717) is 0 Å². The summed E-state index contributed by atoms with van der Waals surface area (Å²) in [6.45, 7) is 6.96. The minimum Gasteiger partial charge on any atom is -0.0657 e. The Kier molecular flexibility index (Phi) is 9.47. The van der Waals surface area contributed by atoms with E-state index < -0.39 is 0 Å². The smallest absolute Gasteiger partial charge is 0.0479 e. The van der Waals surface area contributed by atoms with Gasteiger partial charge in [0.05, 0.1) is 0 Å². The van der Waals surface area contributed by atoms with E-state index in [2.05, 4.69) is 20.8 Å². The van der Waals surface area contributed by atoms with E-state index in [1.54, 1.807) is 18.1 Å². The molecule has 0 nitrogen and oxygen atoms in total. The SMILES string of the molecule is CCCC[Si](CCC)CCCC. The maximum absolute atomic E-state index is 2.34. The second-order valence-electron chi connectivity index (χ2n) is 3.71. The lowest BCUT2D eigenvalue weighted by Gasteiger charge is -2.12. The molecule has 0 atom stereocenters. The molecule has 0 heterocycles. The molecule has 0 bridgehead atoms. The van der Waals surface area contributed by atoms with Crippen LogP contribution in [0.2, 0.25) is 18.1 Å². The molecule has 0 amide bonds. The molecular formula is C11H25Si. The summed E-state index contributed by atoms with van der Waals surface area (Å²) < 4.78 is 0. The van der Waals surface area contributed by atoms with E-state index in [9.17, 15) is 0 Å². The fraction of sp³-hybridized carbons (Fsp3) is 1.00. The maximum Gasteiger partial charge on any atom is 0.0479 e. The minimum absolute atomic E-state index is 0.0792. The molecule has 0 aliphatic heterocycles. The second kappa shape index (κ2) is 9.31. The van der Waals surface area contributed by atoms with Crippen molar-refractivity contribution in [1.29, 1.82) is 0 Å². The standard InChI is InChI=1S/C11H25Si/c1-4-7-10-12(9-6-3)11-8-5-2/h4-11H2,1-3H3. The summed E-state index contributed by atoms with van der Waals surface area (Å²) >= 11 is 0. The second-order valence-corrected chi connectivity index (χ2v) is 6.71. The Labute approximate surface area is 80.4 Å². The molecule has 0 aliphatic rings. The van der Waals surface area contributed by atoms with Crippen molar-refractivity contribution in [3.05, 3.63) is 0 Å². The summed E-state index contributed by atoms with van der Waals surface area (Å²) in [5.41, 5.74) is 0. The van der Waals surface area contributed by atoms with Gasteiger partial charge in [-0.2, -0.15) is 0 Å². The third-order valence-electron chi connectivity index (χ3n) is 2.37. The first-order valence-corrected chi connectivity index (χ1v) is 7.80. The highest BCUT2D eigenvalue weighted by molar-refractivity contribution is 6.58. The van der Waals surface area contributed by atoms with E-state index in [0.717, 1.165) is 0 Å². The molecule has 0 aliphatic carbocycles. The molecule has 0 aromatic heterocycles. The normalized spacial score (nSPS) is 11.0. The van der Waals surface area contributed by atoms with Crippen LogP contribution in [-0.4, -0.2) is 8.80 Å². The van der Waals surface area contributed by atoms with Crippen LogP contribution < -0.4 is 0 Å². The molecular weight excluding hydrogens is 160 g/mol. The Morgan fingerprint density at radius 1 is 0.667 bits per heavy atom. The van der Waals surface area contributed by atoms with Crippen molar-refractivity contribution in [1.82, 2.24) is 0 Å². The van der Waals surface area contributed by atoms with E-state index in [1.807, 2.05) is 0 Å². The Morgan fingerprint density at radius 2 is 1.17 bits per heavy atom. The highest BCUT2D eigenvalue weighted by Crippen LogP contribution is 2.14. The van der Waals surface area contributed by atoms with E-state index in [-0.39, 0.29) is 8.80 Å². The summed E-state index contributed by atoms with van der Waals surface area (Å²) in [7, 11) is 0.0792. The van der Waals surface area contributed by atoms with Crippen LogP contribution >= 0.6 is 0 Å². The van der Waals surface area contributed by atoms with Crippen molar-refractivity contribution in [3.8, 4) is 0 Å². The van der Waals surface area contributed by atoms with Gasteiger partial charge in [0.1, 0.15) is 0 Å². The Balaban J connectivity index is 3.40. The van der Waals surface area contributed by atoms with Crippen LogP contribution in [0.4, 0.5) is 0 Å². The summed E-state index contributed by atoms with van der Waals surface area (Å²) in [4.78, 5) is 0. The summed E-state index contributed by atoms with van der Waals surface area (Å²) in [5.74, 6) is 0. The van der Waals surface area contributed by atoms with E-state index >= 15 is 0 Å². The number of rotatable bonds is 8. The highest BCUT2D eigenvalue weighted by atomic mass is 28.3.